The summed E-state index contributed by atoms with van der Waals surface area (Å²) in [7, 11) is 1.50. The second kappa shape index (κ2) is 13.6. The molecular formula is C33H39F3N4O7. The summed E-state index contributed by atoms with van der Waals surface area (Å²) in [4.78, 5) is 53.4. The zero-order chi connectivity index (χ0) is 34.8. The lowest BCUT2D eigenvalue weighted by atomic mass is 9.84. The average Bonchev–Trinajstić information content (AvgIpc) is 3.55. The van der Waals surface area contributed by atoms with Crippen LogP contribution in [0.4, 0.5) is 18.9 Å². The third kappa shape index (κ3) is 7.68. The van der Waals surface area contributed by atoms with E-state index in [1.807, 2.05) is 32.6 Å². The van der Waals surface area contributed by atoms with Crippen molar-refractivity contribution >= 4 is 35.2 Å². The summed E-state index contributed by atoms with van der Waals surface area (Å²) in [5.74, 6) is -4.15. The number of benzene rings is 2. The van der Waals surface area contributed by atoms with Crippen molar-refractivity contribution in [3.63, 3.8) is 0 Å². The zero-order valence-corrected chi connectivity index (χ0v) is 27.2. The molecule has 0 aromatic heterocycles. The Morgan fingerprint density at radius 1 is 1.06 bits per heavy atom. The number of nitrogens with zero attached hydrogens (tertiary/aromatic N) is 2. The molecule has 2 N–H and O–H groups in total. The van der Waals surface area contributed by atoms with E-state index >= 15 is 0 Å². The molecule has 0 radical (unpaired) electrons. The summed E-state index contributed by atoms with van der Waals surface area (Å²) in [5, 5.41) is 11.4. The number of anilines is 1. The highest BCUT2D eigenvalue weighted by atomic mass is 19.4. The van der Waals surface area contributed by atoms with Crippen LogP contribution in [0, 0.1) is 5.41 Å². The number of hydrogen-bond acceptors (Lipinski definition) is 9. The molecule has 0 aliphatic carbocycles. The molecule has 0 saturated carbocycles. The summed E-state index contributed by atoms with van der Waals surface area (Å²) in [5.41, 5.74) is 2.20. The van der Waals surface area contributed by atoms with E-state index in [9.17, 15) is 32.3 Å². The molecule has 2 aliphatic rings. The highest BCUT2D eigenvalue weighted by Crippen LogP contribution is 2.43. The molecule has 0 spiro atoms. The summed E-state index contributed by atoms with van der Waals surface area (Å²) < 4.78 is 53.3. The van der Waals surface area contributed by atoms with E-state index in [0.29, 0.717) is 41.3 Å². The molecule has 1 amide bonds. The smallest absolute Gasteiger partial charge is 0.491 e. The number of carbonyl (C=O) groups is 4. The minimum absolute atomic E-state index is 0.0320. The number of nitrogens with one attached hydrogen (secondary N) is 2. The van der Waals surface area contributed by atoms with Crippen molar-refractivity contribution in [2.24, 2.45) is 0 Å². The topological polar surface area (TPSA) is 138 Å². The molecule has 2 aliphatic heterocycles. The van der Waals surface area contributed by atoms with Crippen molar-refractivity contribution in [1.29, 1.82) is 5.41 Å². The number of hydrogen-bond donors (Lipinski definition) is 2. The molecule has 4 rings (SSSR count). The molecule has 1 saturated heterocycles. The quantitative estimate of drug-likeness (QED) is 0.210. The molecule has 1 atom stereocenters. The normalized spacial score (nSPS) is 16.2. The number of esters is 2. The molecular weight excluding hydrogens is 621 g/mol. The van der Waals surface area contributed by atoms with Crippen LogP contribution in [0.3, 0.4) is 0 Å². The lowest BCUT2D eigenvalue weighted by Crippen LogP contribution is -2.32. The molecule has 14 heteroatoms. The first-order valence-corrected chi connectivity index (χ1v) is 15.2. The minimum Gasteiger partial charge on any atom is -0.493 e. The maximum Gasteiger partial charge on any atom is 0.491 e. The van der Waals surface area contributed by atoms with Crippen molar-refractivity contribution in [3.8, 4) is 11.5 Å². The Morgan fingerprint density at radius 2 is 1.77 bits per heavy atom. The molecule has 1 fully saturated rings. The van der Waals surface area contributed by atoms with Crippen LogP contribution in [-0.4, -0.2) is 79.9 Å². The van der Waals surface area contributed by atoms with Gasteiger partial charge in [-0.25, -0.2) is 9.59 Å². The molecule has 11 nitrogen and oxygen atoms in total. The molecule has 47 heavy (non-hydrogen) atoms. The fourth-order valence-corrected chi connectivity index (χ4v) is 5.72. The van der Waals surface area contributed by atoms with Gasteiger partial charge in [0, 0.05) is 42.9 Å². The van der Waals surface area contributed by atoms with Crippen LogP contribution >= 0.6 is 0 Å². The fraction of sp³-hybridized carbons (Fsp3) is 0.485. The number of rotatable bonds is 10. The van der Waals surface area contributed by atoms with Crippen LogP contribution in [0.15, 0.2) is 24.3 Å². The van der Waals surface area contributed by atoms with Gasteiger partial charge in [-0.1, -0.05) is 20.8 Å². The third-order valence-corrected chi connectivity index (χ3v) is 8.08. The number of alkyl halides is 3. The van der Waals surface area contributed by atoms with Crippen molar-refractivity contribution in [2.75, 3.05) is 38.3 Å². The molecule has 2 heterocycles. The van der Waals surface area contributed by atoms with Gasteiger partial charge in [0.15, 0.2) is 12.4 Å². The number of fused-ring (bicyclic) bond motifs is 1. The molecule has 2 aromatic rings. The van der Waals surface area contributed by atoms with E-state index in [2.05, 4.69) is 10.1 Å². The van der Waals surface area contributed by atoms with Crippen molar-refractivity contribution in [3.05, 3.63) is 52.1 Å². The Bertz CT molecular complexity index is 1600. The van der Waals surface area contributed by atoms with E-state index in [0.717, 1.165) is 18.4 Å². The Balaban J connectivity index is 1.66. The summed E-state index contributed by atoms with van der Waals surface area (Å²) in [6, 6.07) is 6.59. The van der Waals surface area contributed by atoms with E-state index < -0.39 is 30.1 Å². The van der Waals surface area contributed by atoms with E-state index in [1.54, 1.807) is 36.1 Å². The van der Waals surface area contributed by atoms with Gasteiger partial charge in [-0.2, -0.15) is 13.2 Å². The van der Waals surface area contributed by atoms with Crippen LogP contribution in [0.25, 0.3) is 0 Å². The van der Waals surface area contributed by atoms with Gasteiger partial charge in [0.2, 0.25) is 0 Å². The van der Waals surface area contributed by atoms with Crippen LogP contribution in [0.2, 0.25) is 0 Å². The Kier molecular flexibility index (Phi) is 10.2. The Morgan fingerprint density at radius 3 is 2.34 bits per heavy atom. The second-order valence-corrected chi connectivity index (χ2v) is 12.5. The predicted octanol–water partition coefficient (Wildman–Crippen LogP) is 4.77. The fourth-order valence-electron chi connectivity index (χ4n) is 5.72. The van der Waals surface area contributed by atoms with Crippen molar-refractivity contribution in [2.45, 2.75) is 71.6 Å². The predicted molar refractivity (Wildman–Crippen MR) is 166 cm³/mol. The molecule has 254 valence electrons. The summed E-state index contributed by atoms with van der Waals surface area (Å²) >= 11 is 0. The van der Waals surface area contributed by atoms with Crippen molar-refractivity contribution in [1.82, 2.24) is 10.2 Å². The molecule has 1 unspecified atom stereocenters. The van der Waals surface area contributed by atoms with E-state index in [-0.39, 0.29) is 48.0 Å². The van der Waals surface area contributed by atoms with Gasteiger partial charge >= 0.3 is 18.1 Å². The first-order chi connectivity index (χ1) is 22.0. The molecule has 0 bridgehead atoms. The highest BCUT2D eigenvalue weighted by Gasteiger charge is 2.42. The monoisotopic (exact) mass is 660 g/mol. The number of ether oxygens (including phenoxy) is 3. The number of ketones is 1. The Labute approximate surface area is 270 Å². The van der Waals surface area contributed by atoms with Crippen LogP contribution in [0.5, 0.6) is 11.5 Å². The maximum atomic E-state index is 13.9. The summed E-state index contributed by atoms with van der Waals surface area (Å²) in [6.45, 7) is 9.45. The van der Waals surface area contributed by atoms with Gasteiger partial charge in [0.1, 0.15) is 17.3 Å². The standard InChI is InChI=1S/C33H39F3N4O7/c1-7-45-26-13-20-15-39(29(37)21(20)14-22(26)30(43)38-6)16-25(41)19-11-23(32(3,4)5)28(24(12-19)40-10-8-9-18(40)2)46-17-27(42)47-31(44)33(34,35)36/h11-14,18,37H,7-10,15-17H2,1-6H3,(H,38,43). The van der Waals surface area contributed by atoms with E-state index in [4.69, 9.17) is 14.9 Å². The van der Waals surface area contributed by atoms with Crippen LogP contribution < -0.4 is 19.7 Å². The first kappa shape index (κ1) is 35.2. The van der Waals surface area contributed by atoms with Gasteiger partial charge < -0.3 is 29.3 Å². The van der Waals surface area contributed by atoms with Crippen LogP contribution in [-0.2, 0) is 26.3 Å². The first-order valence-electron chi connectivity index (χ1n) is 15.2. The second-order valence-electron chi connectivity index (χ2n) is 12.5. The maximum absolute atomic E-state index is 13.9. The number of Topliss-reactive ketones (excluding diaryl/α,β-unsaturated/α-hetero) is 1. The number of amidine groups is 1. The van der Waals surface area contributed by atoms with Gasteiger partial charge in [0.25, 0.3) is 5.91 Å². The largest absolute Gasteiger partial charge is 0.493 e. The Hall–Kier alpha value is -4.62. The third-order valence-electron chi connectivity index (χ3n) is 8.08. The highest BCUT2D eigenvalue weighted by molar-refractivity contribution is 6.08. The summed E-state index contributed by atoms with van der Waals surface area (Å²) in [6.07, 6.45) is -3.65. The van der Waals surface area contributed by atoms with Crippen LogP contribution in [0.1, 0.15) is 84.9 Å². The van der Waals surface area contributed by atoms with Gasteiger partial charge in [-0.15, -0.1) is 0 Å². The van der Waals surface area contributed by atoms with Gasteiger partial charge in [0.05, 0.1) is 24.4 Å². The molecule has 2 aromatic carbocycles. The zero-order valence-electron chi connectivity index (χ0n) is 27.2. The lowest BCUT2D eigenvalue weighted by Gasteiger charge is -2.31. The lowest BCUT2D eigenvalue weighted by molar-refractivity contribution is -0.202. The number of amides is 1. The van der Waals surface area contributed by atoms with Gasteiger partial charge in [-0.3, -0.25) is 15.0 Å². The number of halogens is 3. The number of carbonyl (C=O) groups excluding carboxylic acids is 4. The van der Waals surface area contributed by atoms with Crippen molar-refractivity contribution < 1.29 is 46.6 Å². The minimum atomic E-state index is -5.34. The van der Waals surface area contributed by atoms with E-state index in [1.165, 1.54) is 7.05 Å². The van der Waals surface area contributed by atoms with Gasteiger partial charge in [-0.05, 0) is 61.9 Å². The SMILES string of the molecule is CCOc1cc2c(cc1C(=O)NC)C(=N)N(CC(=O)c1cc(N3CCCC3C)c(OCC(=O)OC(=O)C(F)(F)F)c(C(C)(C)C)c1)C2. The average molecular weight is 661 g/mol.